The second-order valence-corrected chi connectivity index (χ2v) is 19.3. The summed E-state index contributed by atoms with van der Waals surface area (Å²) in [5.41, 5.74) is 35.6. The van der Waals surface area contributed by atoms with Crippen molar-refractivity contribution in [2.45, 2.75) is 83.1 Å². The number of hydrogen-bond acceptors (Lipinski definition) is 2. The summed E-state index contributed by atoms with van der Waals surface area (Å²) in [5.74, 6) is 0. The Bertz CT molecular complexity index is 3270. The molecule has 0 saturated carbocycles. The summed E-state index contributed by atoms with van der Waals surface area (Å²) in [6, 6.07) is 43.8. The van der Waals surface area contributed by atoms with Crippen LogP contribution in [0.5, 0.6) is 0 Å². The Hall–Kier alpha value is -6.51. The third kappa shape index (κ3) is 5.74. The first kappa shape index (κ1) is 40.3. The minimum absolute atomic E-state index is 0.0463. The molecule has 2 nitrogen and oxygen atoms in total. The molecule has 11 rings (SSSR count). The highest BCUT2D eigenvalue weighted by Gasteiger charge is 2.45. The fraction of sp³-hybridized carbons (Fsp3) is 0.200. The molecule has 312 valence electrons. The van der Waals surface area contributed by atoms with Crippen LogP contribution in [-0.2, 0) is 0 Å². The van der Waals surface area contributed by atoms with E-state index in [2.05, 4.69) is 197 Å². The van der Waals surface area contributed by atoms with Gasteiger partial charge in [-0.2, -0.15) is 0 Å². The van der Waals surface area contributed by atoms with Crippen molar-refractivity contribution in [1.82, 2.24) is 0 Å². The van der Waals surface area contributed by atoms with Crippen molar-refractivity contribution < 1.29 is 4.42 Å². The number of furan rings is 1. The van der Waals surface area contributed by atoms with Gasteiger partial charge >= 0.3 is 0 Å². The van der Waals surface area contributed by atoms with Gasteiger partial charge in [-0.25, -0.2) is 0 Å². The molecular weight excluding hydrogens is 772 g/mol. The van der Waals surface area contributed by atoms with Crippen molar-refractivity contribution in [3.05, 3.63) is 182 Å². The number of fused-ring (bicyclic) bond motifs is 7. The second kappa shape index (κ2) is 14.5. The highest BCUT2D eigenvalue weighted by Crippen LogP contribution is 2.41. The normalized spacial score (nSPS) is 12.9. The van der Waals surface area contributed by atoms with Gasteiger partial charge < -0.3 is 9.32 Å². The molecule has 9 aromatic rings. The lowest BCUT2D eigenvalue weighted by atomic mass is 9.29. The van der Waals surface area contributed by atoms with E-state index in [0.717, 1.165) is 21.9 Å². The molecule has 8 aromatic carbocycles. The molecule has 0 saturated heterocycles. The van der Waals surface area contributed by atoms with Gasteiger partial charge in [-0.15, -0.1) is 0 Å². The maximum absolute atomic E-state index is 6.20. The fourth-order valence-corrected chi connectivity index (χ4v) is 11.8. The summed E-state index contributed by atoms with van der Waals surface area (Å²) in [5, 5.41) is 2.30. The monoisotopic (exact) mass is 827 g/mol. The van der Waals surface area contributed by atoms with E-state index in [1.165, 1.54) is 139 Å². The van der Waals surface area contributed by atoms with E-state index in [4.69, 9.17) is 4.42 Å². The van der Waals surface area contributed by atoms with Crippen molar-refractivity contribution >= 4 is 85.2 Å². The van der Waals surface area contributed by atoms with Crippen LogP contribution in [0.1, 0.15) is 66.8 Å². The lowest BCUT2D eigenvalue weighted by Crippen LogP contribution is -2.66. The maximum atomic E-state index is 6.20. The Morgan fingerprint density at radius 3 is 1.27 bits per heavy atom. The molecule has 0 amide bonds. The van der Waals surface area contributed by atoms with E-state index >= 15 is 0 Å². The average Bonchev–Trinajstić information content (AvgIpc) is 3.68. The van der Waals surface area contributed by atoms with Gasteiger partial charge in [-0.05, 0) is 191 Å². The molecule has 64 heavy (non-hydrogen) atoms. The first-order chi connectivity index (χ1) is 30.7. The molecule has 3 heterocycles. The van der Waals surface area contributed by atoms with Crippen LogP contribution in [0.25, 0.3) is 44.2 Å². The van der Waals surface area contributed by atoms with Gasteiger partial charge in [0.25, 0.3) is 0 Å². The van der Waals surface area contributed by atoms with Gasteiger partial charge in [-0.3, -0.25) is 0 Å². The SMILES string of the molecule is Cc1ccc2c(c1)B(c1c(C)c(C)c(C)c(C)c1C)c1cc(-c3ccc(-c4ccc5oc6ccccc6c5c4)cc3)cc3c1N2c1ccc(C)cc1B3c1c(C)c(C)c(C)c(C)c1C. The zero-order valence-electron chi connectivity index (χ0n) is 39.5. The quantitative estimate of drug-likeness (QED) is 0.164. The van der Waals surface area contributed by atoms with Crippen molar-refractivity contribution in [2.24, 2.45) is 0 Å². The van der Waals surface area contributed by atoms with Crippen molar-refractivity contribution in [3.63, 3.8) is 0 Å². The van der Waals surface area contributed by atoms with Gasteiger partial charge in [0.2, 0.25) is 13.4 Å². The first-order valence-electron chi connectivity index (χ1n) is 23.1. The predicted octanol–water partition coefficient (Wildman–Crippen LogP) is 11.8. The molecule has 0 unspecified atom stereocenters. The summed E-state index contributed by atoms with van der Waals surface area (Å²) < 4.78 is 6.20. The van der Waals surface area contributed by atoms with Crippen LogP contribution >= 0.6 is 0 Å². The molecule has 0 spiro atoms. The van der Waals surface area contributed by atoms with E-state index in [1.807, 2.05) is 6.07 Å². The van der Waals surface area contributed by atoms with Crippen LogP contribution in [0.3, 0.4) is 0 Å². The van der Waals surface area contributed by atoms with Crippen molar-refractivity contribution in [1.29, 1.82) is 0 Å². The molecule has 0 fully saturated rings. The summed E-state index contributed by atoms with van der Waals surface area (Å²) in [6.07, 6.45) is 0. The summed E-state index contributed by atoms with van der Waals surface area (Å²) >= 11 is 0. The maximum Gasteiger partial charge on any atom is 0.247 e. The average molecular weight is 828 g/mol. The molecule has 0 radical (unpaired) electrons. The number of anilines is 3. The summed E-state index contributed by atoms with van der Waals surface area (Å²) in [7, 11) is 0. The molecule has 0 aliphatic carbocycles. The van der Waals surface area contributed by atoms with Crippen LogP contribution in [0, 0.1) is 83.1 Å². The minimum Gasteiger partial charge on any atom is -0.456 e. The Kier molecular flexibility index (Phi) is 9.13. The molecule has 0 atom stereocenters. The highest BCUT2D eigenvalue weighted by molar-refractivity contribution is 7.02. The van der Waals surface area contributed by atoms with Crippen LogP contribution in [0.4, 0.5) is 17.1 Å². The summed E-state index contributed by atoms with van der Waals surface area (Å²) in [6.45, 7) is 28.0. The van der Waals surface area contributed by atoms with Gasteiger partial charge in [0.15, 0.2) is 0 Å². The number of benzene rings is 8. The first-order valence-corrected chi connectivity index (χ1v) is 23.1. The number of hydrogen-bond donors (Lipinski definition) is 0. The Morgan fingerprint density at radius 1 is 0.344 bits per heavy atom. The second-order valence-electron chi connectivity index (χ2n) is 19.3. The molecule has 2 aliphatic heterocycles. The Morgan fingerprint density at radius 2 is 0.766 bits per heavy atom. The van der Waals surface area contributed by atoms with Crippen molar-refractivity contribution in [3.8, 4) is 22.3 Å². The van der Waals surface area contributed by atoms with Crippen molar-refractivity contribution in [2.75, 3.05) is 4.90 Å². The number of para-hydroxylation sites is 1. The van der Waals surface area contributed by atoms with Gasteiger partial charge in [-0.1, -0.05) is 129 Å². The van der Waals surface area contributed by atoms with E-state index in [1.54, 1.807) is 0 Å². The summed E-state index contributed by atoms with van der Waals surface area (Å²) in [4.78, 5) is 2.64. The zero-order chi connectivity index (χ0) is 44.6. The topological polar surface area (TPSA) is 16.4 Å². The Labute approximate surface area is 380 Å². The molecule has 0 N–H and O–H groups in total. The lowest BCUT2D eigenvalue weighted by Gasteiger charge is -2.45. The zero-order valence-corrected chi connectivity index (χ0v) is 39.5. The van der Waals surface area contributed by atoms with Crippen LogP contribution in [-0.4, -0.2) is 13.4 Å². The van der Waals surface area contributed by atoms with E-state index in [-0.39, 0.29) is 13.4 Å². The number of rotatable bonds is 4. The van der Waals surface area contributed by atoms with Gasteiger partial charge in [0, 0.05) is 27.8 Å². The number of nitrogens with zero attached hydrogens (tertiary/aromatic N) is 1. The lowest BCUT2D eigenvalue weighted by molar-refractivity contribution is 0.669. The standard InChI is InChI=1S/C60H55B2NO/c1-32-17-24-54-50(27-32)61(58-40(9)36(5)34(3)37(6)41(58)10)52-30-47(45-21-19-44(20-22-45)46-23-26-57-49(29-46)48-15-13-14-16-56(48)64-57)31-53-60(52)63(54)55-25-18-33(2)28-51(55)62(53)59-42(11)38(7)35(4)39(8)43(59)12/h13-31H,1-12H3. The molecule has 0 bridgehead atoms. The van der Waals surface area contributed by atoms with E-state index in [9.17, 15) is 0 Å². The minimum atomic E-state index is 0.0463. The molecular formula is C60H55B2NO. The van der Waals surface area contributed by atoms with Gasteiger partial charge in [0.05, 0.1) is 0 Å². The van der Waals surface area contributed by atoms with E-state index in [0.29, 0.717) is 0 Å². The molecule has 1 aromatic heterocycles. The van der Waals surface area contributed by atoms with Gasteiger partial charge in [0.1, 0.15) is 11.2 Å². The van der Waals surface area contributed by atoms with Crippen LogP contribution in [0.2, 0.25) is 0 Å². The highest BCUT2D eigenvalue weighted by atomic mass is 16.3. The molecule has 4 heteroatoms. The van der Waals surface area contributed by atoms with E-state index < -0.39 is 0 Å². The molecule has 2 aliphatic rings. The smallest absolute Gasteiger partial charge is 0.247 e. The predicted molar refractivity (Wildman–Crippen MR) is 278 cm³/mol. The third-order valence-corrected chi connectivity index (χ3v) is 16.1. The van der Waals surface area contributed by atoms with Crippen LogP contribution < -0.4 is 37.7 Å². The largest absolute Gasteiger partial charge is 0.456 e. The third-order valence-electron chi connectivity index (χ3n) is 16.1. The Balaban J connectivity index is 1.21. The fourth-order valence-electron chi connectivity index (χ4n) is 11.8. The van der Waals surface area contributed by atoms with Crippen LogP contribution in [0.15, 0.2) is 120 Å². The number of aryl methyl sites for hydroxylation is 2.